The highest BCUT2D eigenvalue weighted by atomic mass is 16.5. The molecule has 0 fully saturated rings. The second-order valence-corrected chi connectivity index (χ2v) is 4.06. The van der Waals surface area contributed by atoms with Crippen molar-refractivity contribution < 1.29 is 4.74 Å². The smallest absolute Gasteiger partial charge is 0.269 e. The first-order chi connectivity index (χ1) is 9.27. The van der Waals surface area contributed by atoms with Gasteiger partial charge in [0.1, 0.15) is 11.6 Å². The Labute approximate surface area is 111 Å². The lowest BCUT2D eigenvalue weighted by molar-refractivity contribution is 0.186. The highest BCUT2D eigenvalue weighted by Gasteiger charge is 2.09. The molecule has 0 aliphatic heterocycles. The molecular weight excluding hydrogens is 240 g/mol. The van der Waals surface area contributed by atoms with Crippen LogP contribution >= 0.6 is 0 Å². The van der Waals surface area contributed by atoms with Crippen LogP contribution in [-0.4, -0.2) is 18.3 Å². The highest BCUT2D eigenvalue weighted by Crippen LogP contribution is 2.17. The van der Waals surface area contributed by atoms with Gasteiger partial charge in [-0.15, -0.1) is 0 Å². The molecule has 0 bridgehead atoms. The van der Waals surface area contributed by atoms with E-state index >= 15 is 0 Å². The van der Waals surface area contributed by atoms with E-state index in [4.69, 9.17) is 10.00 Å². The number of pyridine rings is 1. The monoisotopic (exact) mass is 254 g/mol. The molecule has 4 nitrogen and oxygen atoms in total. The molecule has 0 radical (unpaired) electrons. The van der Waals surface area contributed by atoms with Crippen LogP contribution < -0.4 is 5.56 Å². The van der Waals surface area contributed by atoms with Gasteiger partial charge >= 0.3 is 0 Å². The summed E-state index contributed by atoms with van der Waals surface area (Å²) >= 11 is 0. The van der Waals surface area contributed by atoms with E-state index in [-0.39, 0.29) is 11.1 Å². The fraction of sp³-hybridized carbons (Fsp3) is 0.200. The van der Waals surface area contributed by atoms with Crippen molar-refractivity contribution in [1.29, 1.82) is 5.26 Å². The molecule has 96 valence electrons. The fourth-order valence-corrected chi connectivity index (χ4v) is 1.93. The van der Waals surface area contributed by atoms with E-state index in [2.05, 4.69) is 0 Å². The molecule has 0 aliphatic rings. The molecule has 0 aliphatic carbocycles. The van der Waals surface area contributed by atoms with Gasteiger partial charge in [-0.05, 0) is 17.7 Å². The van der Waals surface area contributed by atoms with Crippen molar-refractivity contribution in [2.24, 2.45) is 0 Å². The van der Waals surface area contributed by atoms with Crippen LogP contribution in [0.2, 0.25) is 0 Å². The number of nitrogens with zero attached hydrogens (tertiary/aromatic N) is 2. The quantitative estimate of drug-likeness (QED) is 0.839. The molecule has 0 saturated heterocycles. The Balaban J connectivity index is 2.58. The first kappa shape index (κ1) is 13.1. The molecular formula is C15H14N2O2. The predicted octanol–water partition coefficient (Wildman–Crippen LogP) is 2.03. The van der Waals surface area contributed by atoms with Crippen molar-refractivity contribution in [2.75, 3.05) is 13.7 Å². The highest BCUT2D eigenvalue weighted by molar-refractivity contribution is 5.60. The molecule has 0 atom stereocenters. The number of aromatic nitrogens is 1. The standard InChI is InChI=1S/C15H14N2O2/c1-19-10-9-17-14(12-5-3-2-4-6-12)8-7-13(11-16)15(17)18/h2-8H,9-10H2,1H3. The number of methoxy groups -OCH3 is 1. The molecule has 2 rings (SSSR count). The summed E-state index contributed by atoms with van der Waals surface area (Å²) in [5.41, 5.74) is 1.61. The predicted molar refractivity (Wildman–Crippen MR) is 72.7 cm³/mol. The zero-order valence-corrected chi connectivity index (χ0v) is 10.7. The first-order valence-electron chi connectivity index (χ1n) is 5.96. The van der Waals surface area contributed by atoms with Gasteiger partial charge in [0.25, 0.3) is 5.56 Å². The largest absolute Gasteiger partial charge is 0.383 e. The molecule has 1 heterocycles. The maximum absolute atomic E-state index is 12.2. The molecule has 0 saturated carbocycles. The Morgan fingerprint density at radius 3 is 2.58 bits per heavy atom. The van der Waals surface area contributed by atoms with Crippen LogP contribution in [-0.2, 0) is 11.3 Å². The molecule has 0 unspecified atom stereocenters. The Bertz CT molecular complexity index is 654. The molecule has 19 heavy (non-hydrogen) atoms. The van der Waals surface area contributed by atoms with Gasteiger partial charge in [0.15, 0.2) is 0 Å². The van der Waals surface area contributed by atoms with E-state index in [1.54, 1.807) is 23.8 Å². The summed E-state index contributed by atoms with van der Waals surface area (Å²) in [5.74, 6) is 0. The maximum atomic E-state index is 12.2. The maximum Gasteiger partial charge on any atom is 0.269 e. The number of hydrogen-bond donors (Lipinski definition) is 0. The van der Waals surface area contributed by atoms with Crippen LogP contribution in [0.1, 0.15) is 5.56 Å². The van der Waals surface area contributed by atoms with Crippen LogP contribution in [0.15, 0.2) is 47.3 Å². The molecule has 0 spiro atoms. The lowest BCUT2D eigenvalue weighted by Crippen LogP contribution is -2.25. The summed E-state index contributed by atoms with van der Waals surface area (Å²) in [4.78, 5) is 12.2. The molecule has 2 aromatic rings. The number of hydrogen-bond acceptors (Lipinski definition) is 3. The molecule has 4 heteroatoms. The van der Waals surface area contributed by atoms with E-state index < -0.39 is 0 Å². The Morgan fingerprint density at radius 1 is 1.21 bits per heavy atom. The van der Waals surface area contributed by atoms with E-state index in [0.29, 0.717) is 13.2 Å². The lowest BCUT2D eigenvalue weighted by Gasteiger charge is -2.12. The summed E-state index contributed by atoms with van der Waals surface area (Å²) in [6, 6.07) is 14.9. The SMILES string of the molecule is COCCn1c(-c2ccccc2)ccc(C#N)c1=O. The molecule has 1 aromatic heterocycles. The first-order valence-corrected chi connectivity index (χ1v) is 5.96. The minimum Gasteiger partial charge on any atom is -0.383 e. The summed E-state index contributed by atoms with van der Waals surface area (Å²) in [7, 11) is 1.58. The summed E-state index contributed by atoms with van der Waals surface area (Å²) < 4.78 is 6.60. The van der Waals surface area contributed by atoms with E-state index in [0.717, 1.165) is 11.3 Å². The van der Waals surface area contributed by atoms with Gasteiger partial charge in [0.05, 0.1) is 12.3 Å². The van der Waals surface area contributed by atoms with E-state index in [1.807, 2.05) is 36.4 Å². The number of benzene rings is 1. The van der Waals surface area contributed by atoms with Crippen LogP contribution in [0, 0.1) is 11.3 Å². The molecule has 1 aromatic carbocycles. The van der Waals surface area contributed by atoms with Crippen molar-refractivity contribution in [3.05, 3.63) is 58.4 Å². The van der Waals surface area contributed by atoms with Gasteiger partial charge in [-0.3, -0.25) is 4.79 Å². The third-order valence-corrected chi connectivity index (χ3v) is 2.88. The van der Waals surface area contributed by atoms with Crippen molar-refractivity contribution in [3.63, 3.8) is 0 Å². The number of nitriles is 1. The average molecular weight is 254 g/mol. The number of rotatable bonds is 4. The van der Waals surface area contributed by atoms with E-state index in [1.165, 1.54) is 0 Å². The van der Waals surface area contributed by atoms with Crippen molar-refractivity contribution >= 4 is 0 Å². The second-order valence-electron chi connectivity index (χ2n) is 4.06. The van der Waals surface area contributed by atoms with Gasteiger partial charge in [-0.1, -0.05) is 30.3 Å². The minimum atomic E-state index is -0.277. The molecule has 0 amide bonds. The lowest BCUT2D eigenvalue weighted by atomic mass is 10.1. The minimum absolute atomic E-state index is 0.149. The van der Waals surface area contributed by atoms with Gasteiger partial charge in [-0.2, -0.15) is 5.26 Å². The van der Waals surface area contributed by atoms with Crippen LogP contribution in [0.4, 0.5) is 0 Å². The fourth-order valence-electron chi connectivity index (χ4n) is 1.93. The number of ether oxygens (including phenoxy) is 1. The van der Waals surface area contributed by atoms with E-state index in [9.17, 15) is 4.79 Å². The van der Waals surface area contributed by atoms with Crippen LogP contribution in [0.25, 0.3) is 11.3 Å². The summed E-state index contributed by atoms with van der Waals surface area (Å²) in [5, 5.41) is 8.94. The zero-order chi connectivity index (χ0) is 13.7. The topological polar surface area (TPSA) is 55.0 Å². The van der Waals surface area contributed by atoms with Gasteiger partial charge < -0.3 is 9.30 Å². The van der Waals surface area contributed by atoms with Gasteiger partial charge in [-0.25, -0.2) is 0 Å². The van der Waals surface area contributed by atoms with Gasteiger partial charge in [0.2, 0.25) is 0 Å². The Morgan fingerprint density at radius 2 is 1.95 bits per heavy atom. The van der Waals surface area contributed by atoms with Crippen molar-refractivity contribution in [3.8, 4) is 17.3 Å². The Kier molecular flexibility index (Phi) is 4.11. The van der Waals surface area contributed by atoms with Crippen LogP contribution in [0.3, 0.4) is 0 Å². The normalized spacial score (nSPS) is 10.1. The third kappa shape index (κ3) is 2.72. The summed E-state index contributed by atoms with van der Waals surface area (Å²) in [6.45, 7) is 0.851. The van der Waals surface area contributed by atoms with Gasteiger partial charge in [0, 0.05) is 13.7 Å². The summed E-state index contributed by atoms with van der Waals surface area (Å²) in [6.07, 6.45) is 0. The van der Waals surface area contributed by atoms with Crippen molar-refractivity contribution in [2.45, 2.75) is 6.54 Å². The molecule has 0 N–H and O–H groups in total. The van der Waals surface area contributed by atoms with Crippen molar-refractivity contribution in [1.82, 2.24) is 4.57 Å². The third-order valence-electron chi connectivity index (χ3n) is 2.88. The average Bonchev–Trinajstić information content (AvgIpc) is 2.46. The van der Waals surface area contributed by atoms with Crippen LogP contribution in [0.5, 0.6) is 0 Å². The zero-order valence-electron chi connectivity index (χ0n) is 10.7. The Hall–Kier alpha value is -2.38. The second kappa shape index (κ2) is 5.98.